The third-order valence-electron chi connectivity index (χ3n) is 4.42. The van der Waals surface area contributed by atoms with Gasteiger partial charge < -0.3 is 20.3 Å². The molecule has 1 unspecified atom stereocenters. The number of nitrogens with one attached hydrogen (secondary N) is 2. The van der Waals surface area contributed by atoms with Crippen molar-refractivity contribution in [2.45, 2.75) is 32.3 Å². The van der Waals surface area contributed by atoms with Crippen LogP contribution >= 0.6 is 24.0 Å². The summed E-state index contributed by atoms with van der Waals surface area (Å²) in [6.45, 7) is 10.9. The standard InChI is InChI=1S/C19H31FN4O.HI/c1-5-21-18(22-12-17-13-24(4)9-10-25-17)23-14-19(2,3)15-7-6-8-16(20)11-15;/h6-8,11,17H,5,9-10,12-14H2,1-4H3,(H2,21,22,23);1H. The first-order chi connectivity index (χ1) is 11.9. The average Bonchev–Trinajstić information content (AvgIpc) is 2.57. The number of morpholine rings is 1. The van der Waals surface area contributed by atoms with Crippen LogP contribution in [0, 0.1) is 5.82 Å². The summed E-state index contributed by atoms with van der Waals surface area (Å²) in [6.07, 6.45) is 0.166. The second-order valence-electron chi connectivity index (χ2n) is 7.23. The van der Waals surface area contributed by atoms with Gasteiger partial charge >= 0.3 is 0 Å². The monoisotopic (exact) mass is 478 g/mol. The highest BCUT2D eigenvalue weighted by molar-refractivity contribution is 14.0. The third-order valence-corrected chi connectivity index (χ3v) is 4.42. The first-order valence-corrected chi connectivity index (χ1v) is 8.99. The molecule has 0 saturated carbocycles. The lowest BCUT2D eigenvalue weighted by molar-refractivity contribution is -0.0161. The van der Waals surface area contributed by atoms with Gasteiger partial charge in [0.2, 0.25) is 0 Å². The van der Waals surface area contributed by atoms with E-state index < -0.39 is 0 Å². The van der Waals surface area contributed by atoms with E-state index in [-0.39, 0.29) is 41.3 Å². The topological polar surface area (TPSA) is 48.9 Å². The molecule has 0 aromatic heterocycles. The summed E-state index contributed by atoms with van der Waals surface area (Å²) in [5.41, 5.74) is 0.704. The quantitative estimate of drug-likeness (QED) is 0.375. The lowest BCUT2D eigenvalue weighted by atomic mass is 9.85. The van der Waals surface area contributed by atoms with Crippen LogP contribution < -0.4 is 10.6 Å². The number of nitrogens with zero attached hydrogens (tertiary/aromatic N) is 2. The maximum absolute atomic E-state index is 13.5. The Bertz CT molecular complexity index is 582. The van der Waals surface area contributed by atoms with E-state index in [4.69, 9.17) is 9.73 Å². The first kappa shape index (κ1) is 23.1. The van der Waals surface area contributed by atoms with Crippen molar-refractivity contribution in [3.05, 3.63) is 35.6 Å². The fourth-order valence-electron chi connectivity index (χ4n) is 2.82. The molecule has 1 atom stereocenters. The second-order valence-corrected chi connectivity index (χ2v) is 7.23. The molecule has 1 aliphatic heterocycles. The van der Waals surface area contributed by atoms with Gasteiger partial charge in [-0.15, -0.1) is 24.0 Å². The van der Waals surface area contributed by atoms with E-state index in [1.165, 1.54) is 6.07 Å². The van der Waals surface area contributed by atoms with Crippen molar-refractivity contribution in [2.24, 2.45) is 4.99 Å². The Morgan fingerprint density at radius 1 is 1.38 bits per heavy atom. The van der Waals surface area contributed by atoms with Crippen LogP contribution in [0.15, 0.2) is 29.3 Å². The SMILES string of the molecule is CCNC(=NCC(C)(C)c1cccc(F)c1)NCC1CN(C)CCO1.I. The summed E-state index contributed by atoms with van der Waals surface area (Å²) in [5, 5.41) is 6.62. The molecule has 5 nitrogen and oxygen atoms in total. The van der Waals surface area contributed by atoms with Crippen molar-refractivity contribution in [1.82, 2.24) is 15.5 Å². The van der Waals surface area contributed by atoms with E-state index in [1.807, 2.05) is 13.0 Å². The number of rotatable bonds is 6. The smallest absolute Gasteiger partial charge is 0.191 e. The van der Waals surface area contributed by atoms with E-state index in [9.17, 15) is 4.39 Å². The molecule has 2 rings (SSSR count). The highest BCUT2D eigenvalue weighted by atomic mass is 127. The Kier molecular flexibility index (Phi) is 9.81. The molecule has 0 aliphatic carbocycles. The predicted molar refractivity (Wildman–Crippen MR) is 116 cm³/mol. The summed E-state index contributed by atoms with van der Waals surface area (Å²) in [7, 11) is 2.11. The van der Waals surface area contributed by atoms with Crippen molar-refractivity contribution >= 4 is 29.9 Å². The highest BCUT2D eigenvalue weighted by Gasteiger charge is 2.22. The summed E-state index contributed by atoms with van der Waals surface area (Å²) in [4.78, 5) is 6.97. The Hall–Kier alpha value is -0.930. The Morgan fingerprint density at radius 3 is 2.81 bits per heavy atom. The molecule has 0 radical (unpaired) electrons. The molecule has 1 aliphatic rings. The molecule has 0 amide bonds. The van der Waals surface area contributed by atoms with Gasteiger partial charge in [-0.1, -0.05) is 26.0 Å². The summed E-state index contributed by atoms with van der Waals surface area (Å²) in [6, 6.07) is 6.75. The average molecular weight is 478 g/mol. The number of halogens is 2. The molecule has 26 heavy (non-hydrogen) atoms. The van der Waals surface area contributed by atoms with Crippen LogP contribution in [0.1, 0.15) is 26.3 Å². The number of likely N-dealkylation sites (N-methyl/N-ethyl adjacent to an activating group) is 1. The number of guanidine groups is 1. The van der Waals surface area contributed by atoms with Gasteiger partial charge in [0.1, 0.15) is 5.82 Å². The van der Waals surface area contributed by atoms with Gasteiger partial charge in [-0.25, -0.2) is 4.39 Å². The van der Waals surface area contributed by atoms with Crippen molar-refractivity contribution in [1.29, 1.82) is 0 Å². The third kappa shape index (κ3) is 7.36. The zero-order chi connectivity index (χ0) is 18.3. The Balaban J connectivity index is 0.00000338. The molecule has 0 spiro atoms. The summed E-state index contributed by atoms with van der Waals surface area (Å²) >= 11 is 0. The van der Waals surface area contributed by atoms with Gasteiger partial charge in [-0.3, -0.25) is 4.99 Å². The van der Waals surface area contributed by atoms with Crippen molar-refractivity contribution in [3.8, 4) is 0 Å². The van der Waals surface area contributed by atoms with E-state index >= 15 is 0 Å². The number of hydrogen-bond donors (Lipinski definition) is 2. The highest BCUT2D eigenvalue weighted by Crippen LogP contribution is 2.24. The molecule has 1 heterocycles. The minimum absolute atomic E-state index is 0. The van der Waals surface area contributed by atoms with Crippen LogP contribution in [0.4, 0.5) is 4.39 Å². The van der Waals surface area contributed by atoms with Crippen molar-refractivity contribution < 1.29 is 9.13 Å². The zero-order valence-corrected chi connectivity index (χ0v) is 18.5. The minimum Gasteiger partial charge on any atom is -0.374 e. The lowest BCUT2D eigenvalue weighted by Crippen LogP contribution is -2.48. The molecule has 7 heteroatoms. The molecule has 2 N–H and O–H groups in total. The minimum atomic E-state index is -0.244. The van der Waals surface area contributed by atoms with Crippen LogP contribution in [-0.4, -0.2) is 63.3 Å². The summed E-state index contributed by atoms with van der Waals surface area (Å²) in [5.74, 6) is 0.557. The molecule has 1 aromatic rings. The van der Waals surface area contributed by atoms with Gasteiger partial charge in [-0.05, 0) is 31.7 Å². The van der Waals surface area contributed by atoms with Gasteiger partial charge in [-0.2, -0.15) is 0 Å². The fourth-order valence-corrected chi connectivity index (χ4v) is 2.82. The Labute approximate surface area is 173 Å². The van der Waals surface area contributed by atoms with Crippen LogP contribution in [0.3, 0.4) is 0 Å². The summed E-state index contributed by atoms with van der Waals surface area (Å²) < 4.78 is 19.3. The molecule has 148 valence electrons. The van der Waals surface area contributed by atoms with Gasteiger partial charge in [0.25, 0.3) is 0 Å². The first-order valence-electron chi connectivity index (χ1n) is 8.99. The molecule has 1 fully saturated rings. The van der Waals surface area contributed by atoms with Crippen LogP contribution in [0.25, 0.3) is 0 Å². The number of ether oxygens (including phenoxy) is 1. The maximum atomic E-state index is 13.5. The maximum Gasteiger partial charge on any atom is 0.191 e. The molecule has 1 saturated heterocycles. The van der Waals surface area contributed by atoms with Crippen LogP contribution in [0.2, 0.25) is 0 Å². The van der Waals surface area contributed by atoms with E-state index in [2.05, 4.69) is 36.4 Å². The Morgan fingerprint density at radius 2 is 2.15 bits per heavy atom. The molecule has 0 bridgehead atoms. The molecule has 1 aromatic carbocycles. The zero-order valence-electron chi connectivity index (χ0n) is 16.2. The fraction of sp³-hybridized carbons (Fsp3) is 0.632. The number of aliphatic imine (C=N–C) groups is 1. The largest absolute Gasteiger partial charge is 0.374 e. The predicted octanol–water partition coefficient (Wildman–Crippen LogP) is 2.61. The van der Waals surface area contributed by atoms with Crippen LogP contribution in [0.5, 0.6) is 0 Å². The van der Waals surface area contributed by atoms with Gasteiger partial charge in [0.05, 0.1) is 19.3 Å². The van der Waals surface area contributed by atoms with E-state index in [1.54, 1.807) is 12.1 Å². The van der Waals surface area contributed by atoms with Crippen molar-refractivity contribution in [2.75, 3.05) is 46.4 Å². The lowest BCUT2D eigenvalue weighted by Gasteiger charge is -2.30. The van der Waals surface area contributed by atoms with Crippen molar-refractivity contribution in [3.63, 3.8) is 0 Å². The van der Waals surface area contributed by atoms with E-state index in [0.717, 1.165) is 44.3 Å². The second kappa shape index (κ2) is 11.0. The van der Waals surface area contributed by atoms with Gasteiger partial charge in [0, 0.05) is 31.6 Å². The molecular weight excluding hydrogens is 446 g/mol. The molecular formula is C19H32FIN4O. The normalized spacial score (nSPS) is 19.0. The van der Waals surface area contributed by atoms with Gasteiger partial charge in [0.15, 0.2) is 5.96 Å². The van der Waals surface area contributed by atoms with E-state index in [0.29, 0.717) is 6.54 Å². The van der Waals surface area contributed by atoms with Crippen LogP contribution in [-0.2, 0) is 10.2 Å². The number of benzene rings is 1. The number of hydrogen-bond acceptors (Lipinski definition) is 3.